The molecule has 2 N–H and O–H groups in total. The molecule has 0 saturated carbocycles. The minimum atomic E-state index is -0.0446. The highest BCUT2D eigenvalue weighted by atomic mass is 16.5. The van der Waals surface area contributed by atoms with Crippen molar-refractivity contribution in [3.63, 3.8) is 0 Å². The summed E-state index contributed by atoms with van der Waals surface area (Å²) in [7, 11) is 1.67. The molecule has 4 heteroatoms. The number of ether oxygens (including phenoxy) is 1. The van der Waals surface area contributed by atoms with Crippen LogP contribution in [0.3, 0.4) is 0 Å². The lowest BCUT2D eigenvalue weighted by Crippen LogP contribution is -2.16. The summed E-state index contributed by atoms with van der Waals surface area (Å²) in [5.74, 6) is 0.844. The van der Waals surface area contributed by atoms with Gasteiger partial charge in [-0.05, 0) is 37.1 Å². The van der Waals surface area contributed by atoms with Crippen molar-refractivity contribution in [2.75, 3.05) is 7.11 Å². The van der Waals surface area contributed by atoms with Crippen molar-refractivity contribution in [2.24, 2.45) is 5.73 Å². The predicted octanol–water partition coefficient (Wildman–Crippen LogP) is 2.72. The molecular formula is C16H23N3O. The summed E-state index contributed by atoms with van der Waals surface area (Å²) in [6.45, 7) is 5.10. The van der Waals surface area contributed by atoms with Crippen LogP contribution in [-0.4, -0.2) is 16.9 Å². The summed E-state index contributed by atoms with van der Waals surface area (Å²) in [4.78, 5) is 0. The molecule has 1 aromatic carbocycles. The second-order valence-corrected chi connectivity index (χ2v) is 4.88. The number of benzene rings is 1. The molecule has 0 radical (unpaired) electrons. The third kappa shape index (κ3) is 3.20. The fraction of sp³-hybridized carbons (Fsp3) is 0.438. The SMILES string of the molecule is CCc1cc(CC(N)c2cccc(OC)c2)n(CC)n1. The standard InChI is InChI=1S/C16H23N3O/c1-4-13-10-14(19(5-2)18-13)11-16(17)12-7-6-8-15(9-12)20-3/h6-10,16H,4-5,11,17H2,1-3H3. The topological polar surface area (TPSA) is 53.1 Å². The summed E-state index contributed by atoms with van der Waals surface area (Å²) in [5, 5.41) is 4.56. The van der Waals surface area contributed by atoms with Gasteiger partial charge in [0, 0.05) is 24.7 Å². The van der Waals surface area contributed by atoms with Gasteiger partial charge in [0.25, 0.3) is 0 Å². The zero-order chi connectivity index (χ0) is 14.5. The molecule has 0 spiro atoms. The third-order valence-corrected chi connectivity index (χ3v) is 3.53. The zero-order valence-electron chi connectivity index (χ0n) is 12.5. The van der Waals surface area contributed by atoms with E-state index in [0.29, 0.717) is 0 Å². The average molecular weight is 273 g/mol. The van der Waals surface area contributed by atoms with Crippen LogP contribution in [0.5, 0.6) is 5.75 Å². The van der Waals surface area contributed by atoms with Crippen LogP contribution < -0.4 is 10.5 Å². The van der Waals surface area contributed by atoms with Gasteiger partial charge in [-0.15, -0.1) is 0 Å². The molecule has 108 valence electrons. The zero-order valence-corrected chi connectivity index (χ0v) is 12.5. The van der Waals surface area contributed by atoms with E-state index in [4.69, 9.17) is 10.5 Å². The molecule has 0 saturated heterocycles. The van der Waals surface area contributed by atoms with Crippen molar-refractivity contribution in [1.29, 1.82) is 0 Å². The lowest BCUT2D eigenvalue weighted by molar-refractivity contribution is 0.413. The first-order valence-corrected chi connectivity index (χ1v) is 7.13. The Hall–Kier alpha value is -1.81. The Kier molecular flexibility index (Phi) is 4.79. The van der Waals surface area contributed by atoms with Gasteiger partial charge in [0.1, 0.15) is 5.75 Å². The Morgan fingerprint density at radius 2 is 2.10 bits per heavy atom. The number of aryl methyl sites for hydroxylation is 2. The molecule has 0 amide bonds. The second kappa shape index (κ2) is 6.57. The van der Waals surface area contributed by atoms with Gasteiger partial charge in [0.05, 0.1) is 12.8 Å². The predicted molar refractivity (Wildman–Crippen MR) is 80.9 cm³/mol. The van der Waals surface area contributed by atoms with Crippen molar-refractivity contribution in [1.82, 2.24) is 9.78 Å². The molecule has 1 unspecified atom stereocenters. The molecule has 20 heavy (non-hydrogen) atoms. The number of aromatic nitrogens is 2. The molecule has 2 rings (SSSR count). The van der Waals surface area contributed by atoms with Crippen LogP contribution in [0.4, 0.5) is 0 Å². The van der Waals surface area contributed by atoms with E-state index in [1.54, 1.807) is 7.11 Å². The van der Waals surface area contributed by atoms with Crippen LogP contribution in [-0.2, 0) is 19.4 Å². The van der Waals surface area contributed by atoms with Crippen molar-refractivity contribution in [3.05, 3.63) is 47.3 Å². The number of nitrogens with zero attached hydrogens (tertiary/aromatic N) is 2. The van der Waals surface area contributed by atoms with Gasteiger partial charge in [-0.3, -0.25) is 4.68 Å². The first-order valence-electron chi connectivity index (χ1n) is 7.13. The van der Waals surface area contributed by atoms with Crippen molar-refractivity contribution >= 4 is 0 Å². The summed E-state index contributed by atoms with van der Waals surface area (Å²) >= 11 is 0. The van der Waals surface area contributed by atoms with Gasteiger partial charge in [0.2, 0.25) is 0 Å². The Morgan fingerprint density at radius 1 is 1.30 bits per heavy atom. The van der Waals surface area contributed by atoms with Gasteiger partial charge in [-0.1, -0.05) is 19.1 Å². The quantitative estimate of drug-likeness (QED) is 0.880. The van der Waals surface area contributed by atoms with Crippen LogP contribution in [0.1, 0.15) is 36.8 Å². The molecule has 2 aromatic rings. The largest absolute Gasteiger partial charge is 0.497 e. The highest BCUT2D eigenvalue weighted by molar-refractivity contribution is 5.31. The Bertz CT molecular complexity index is 563. The lowest BCUT2D eigenvalue weighted by atomic mass is 10.0. The number of hydrogen-bond acceptors (Lipinski definition) is 3. The van der Waals surface area contributed by atoms with Gasteiger partial charge in [0.15, 0.2) is 0 Å². The van der Waals surface area contributed by atoms with Crippen LogP contribution in [0.15, 0.2) is 30.3 Å². The first-order chi connectivity index (χ1) is 9.67. The molecule has 0 aliphatic heterocycles. The molecule has 1 atom stereocenters. The Morgan fingerprint density at radius 3 is 2.75 bits per heavy atom. The van der Waals surface area contributed by atoms with E-state index in [9.17, 15) is 0 Å². The molecule has 1 aromatic heterocycles. The number of rotatable bonds is 6. The Balaban J connectivity index is 2.18. The third-order valence-electron chi connectivity index (χ3n) is 3.53. The molecule has 0 aliphatic carbocycles. The summed E-state index contributed by atoms with van der Waals surface area (Å²) in [6, 6.07) is 10.1. The van der Waals surface area contributed by atoms with Gasteiger partial charge in [-0.25, -0.2) is 0 Å². The molecule has 0 aliphatic rings. The van der Waals surface area contributed by atoms with Crippen LogP contribution in [0, 0.1) is 0 Å². The van der Waals surface area contributed by atoms with Crippen LogP contribution >= 0.6 is 0 Å². The fourth-order valence-corrected chi connectivity index (χ4v) is 2.34. The van der Waals surface area contributed by atoms with E-state index >= 15 is 0 Å². The van der Waals surface area contributed by atoms with Crippen molar-refractivity contribution < 1.29 is 4.74 Å². The maximum atomic E-state index is 6.33. The lowest BCUT2D eigenvalue weighted by Gasteiger charge is -2.14. The van der Waals surface area contributed by atoms with E-state index in [1.165, 1.54) is 5.69 Å². The molecule has 1 heterocycles. The average Bonchev–Trinajstić information content (AvgIpc) is 2.89. The van der Waals surface area contributed by atoms with Crippen molar-refractivity contribution in [2.45, 2.75) is 39.3 Å². The van der Waals surface area contributed by atoms with Gasteiger partial charge in [-0.2, -0.15) is 5.10 Å². The van der Waals surface area contributed by atoms with E-state index in [1.807, 2.05) is 28.9 Å². The molecule has 4 nitrogen and oxygen atoms in total. The normalized spacial score (nSPS) is 12.4. The van der Waals surface area contributed by atoms with E-state index in [0.717, 1.165) is 36.4 Å². The monoisotopic (exact) mass is 273 g/mol. The molecule has 0 fully saturated rings. The summed E-state index contributed by atoms with van der Waals surface area (Å²) in [5.41, 5.74) is 9.74. The minimum absolute atomic E-state index is 0.0446. The Labute approximate surface area is 120 Å². The highest BCUT2D eigenvalue weighted by Gasteiger charge is 2.12. The second-order valence-electron chi connectivity index (χ2n) is 4.88. The number of hydrogen-bond donors (Lipinski definition) is 1. The van der Waals surface area contributed by atoms with Crippen molar-refractivity contribution in [3.8, 4) is 5.75 Å². The first kappa shape index (κ1) is 14.6. The van der Waals surface area contributed by atoms with E-state index in [2.05, 4.69) is 25.0 Å². The fourth-order valence-electron chi connectivity index (χ4n) is 2.34. The molecular weight excluding hydrogens is 250 g/mol. The highest BCUT2D eigenvalue weighted by Crippen LogP contribution is 2.21. The maximum Gasteiger partial charge on any atom is 0.119 e. The number of nitrogens with two attached hydrogens (primary N) is 1. The van der Waals surface area contributed by atoms with Gasteiger partial charge >= 0.3 is 0 Å². The van der Waals surface area contributed by atoms with Crippen LogP contribution in [0.25, 0.3) is 0 Å². The van der Waals surface area contributed by atoms with E-state index < -0.39 is 0 Å². The van der Waals surface area contributed by atoms with Gasteiger partial charge < -0.3 is 10.5 Å². The minimum Gasteiger partial charge on any atom is -0.497 e. The smallest absolute Gasteiger partial charge is 0.119 e. The summed E-state index contributed by atoms with van der Waals surface area (Å²) < 4.78 is 7.29. The van der Waals surface area contributed by atoms with E-state index in [-0.39, 0.29) is 6.04 Å². The van der Waals surface area contributed by atoms with Crippen LogP contribution in [0.2, 0.25) is 0 Å². The summed E-state index contributed by atoms with van der Waals surface area (Å²) in [6.07, 6.45) is 1.74. The maximum absolute atomic E-state index is 6.33. The number of methoxy groups -OCH3 is 1. The molecule has 0 bridgehead atoms.